The molecule has 6 heteroatoms. The SMILES string of the molecule is CN=C(NCCCCOC1CCCCCC1)NCC(=O)NC(C)(C)C. The molecule has 0 saturated heterocycles. The number of nitrogens with zero attached hydrogens (tertiary/aromatic N) is 1. The van der Waals surface area contributed by atoms with E-state index < -0.39 is 0 Å². The number of rotatable bonds is 8. The summed E-state index contributed by atoms with van der Waals surface area (Å²) in [6, 6.07) is 0. The molecule has 1 amide bonds. The van der Waals surface area contributed by atoms with Crippen LogP contribution in [0, 0.1) is 0 Å². The van der Waals surface area contributed by atoms with E-state index >= 15 is 0 Å². The van der Waals surface area contributed by atoms with E-state index in [1.54, 1.807) is 7.05 Å². The van der Waals surface area contributed by atoms with Gasteiger partial charge in [0, 0.05) is 25.7 Å². The van der Waals surface area contributed by atoms with Gasteiger partial charge in [-0.3, -0.25) is 9.79 Å². The van der Waals surface area contributed by atoms with E-state index in [0.29, 0.717) is 12.1 Å². The molecular weight excluding hydrogens is 316 g/mol. The van der Waals surface area contributed by atoms with E-state index in [9.17, 15) is 4.79 Å². The van der Waals surface area contributed by atoms with E-state index in [1.165, 1.54) is 38.5 Å². The maximum atomic E-state index is 11.8. The molecule has 3 N–H and O–H groups in total. The number of hydrogen-bond donors (Lipinski definition) is 3. The number of unbranched alkanes of at least 4 members (excludes halogenated alkanes) is 1. The summed E-state index contributed by atoms with van der Waals surface area (Å²) >= 11 is 0. The van der Waals surface area contributed by atoms with Crippen LogP contribution in [0.2, 0.25) is 0 Å². The van der Waals surface area contributed by atoms with Crippen molar-refractivity contribution >= 4 is 11.9 Å². The van der Waals surface area contributed by atoms with Crippen molar-refractivity contribution in [1.82, 2.24) is 16.0 Å². The predicted octanol–water partition coefficient (Wildman–Crippen LogP) is 2.59. The molecule has 1 aliphatic carbocycles. The highest BCUT2D eigenvalue weighted by molar-refractivity contribution is 5.86. The Morgan fingerprint density at radius 2 is 1.76 bits per heavy atom. The number of hydrogen-bond acceptors (Lipinski definition) is 3. The second kappa shape index (κ2) is 12.1. The van der Waals surface area contributed by atoms with Crippen LogP contribution in [0.4, 0.5) is 0 Å². The van der Waals surface area contributed by atoms with E-state index in [2.05, 4.69) is 20.9 Å². The van der Waals surface area contributed by atoms with Gasteiger partial charge >= 0.3 is 0 Å². The Morgan fingerprint density at radius 3 is 2.36 bits per heavy atom. The fraction of sp³-hybridized carbons (Fsp3) is 0.895. The molecule has 1 aliphatic rings. The van der Waals surface area contributed by atoms with Crippen molar-refractivity contribution in [2.45, 2.75) is 83.8 Å². The third-order valence-corrected chi connectivity index (χ3v) is 4.17. The number of ether oxygens (including phenoxy) is 1. The van der Waals surface area contributed by atoms with Gasteiger partial charge in [-0.2, -0.15) is 0 Å². The zero-order chi connectivity index (χ0) is 18.5. The fourth-order valence-electron chi connectivity index (χ4n) is 2.94. The number of aliphatic imine (C=N–C) groups is 1. The smallest absolute Gasteiger partial charge is 0.239 e. The standard InChI is InChI=1S/C19H38N4O2/c1-19(2,3)23-17(24)15-22-18(20-4)21-13-9-10-14-25-16-11-7-5-6-8-12-16/h16H,5-15H2,1-4H3,(H,23,24)(H2,20,21,22). The number of carbonyl (C=O) groups is 1. The Morgan fingerprint density at radius 1 is 1.08 bits per heavy atom. The van der Waals surface area contributed by atoms with Gasteiger partial charge < -0.3 is 20.7 Å². The van der Waals surface area contributed by atoms with Gasteiger partial charge in [0.2, 0.25) is 5.91 Å². The highest BCUT2D eigenvalue weighted by Gasteiger charge is 2.14. The topological polar surface area (TPSA) is 74.8 Å². The van der Waals surface area contributed by atoms with Gasteiger partial charge in [0.15, 0.2) is 5.96 Å². The van der Waals surface area contributed by atoms with E-state index in [-0.39, 0.29) is 18.0 Å². The fourth-order valence-corrected chi connectivity index (χ4v) is 2.94. The van der Waals surface area contributed by atoms with Crippen LogP contribution < -0.4 is 16.0 Å². The van der Waals surface area contributed by atoms with Crippen molar-refractivity contribution in [3.8, 4) is 0 Å². The summed E-state index contributed by atoms with van der Waals surface area (Å²) in [6.07, 6.45) is 10.4. The first kappa shape index (κ1) is 21.7. The van der Waals surface area contributed by atoms with Gasteiger partial charge in [-0.15, -0.1) is 0 Å². The lowest BCUT2D eigenvalue weighted by Crippen LogP contribution is -2.48. The molecule has 0 aliphatic heterocycles. The van der Waals surface area contributed by atoms with Crippen LogP contribution in [-0.4, -0.2) is 50.3 Å². The largest absolute Gasteiger partial charge is 0.378 e. The van der Waals surface area contributed by atoms with Crippen LogP contribution in [0.5, 0.6) is 0 Å². The second-order valence-corrected chi connectivity index (χ2v) is 7.84. The molecule has 6 nitrogen and oxygen atoms in total. The lowest BCUT2D eigenvalue weighted by molar-refractivity contribution is -0.121. The van der Waals surface area contributed by atoms with Gasteiger partial charge in [-0.25, -0.2) is 0 Å². The normalized spacial score (nSPS) is 17.0. The maximum Gasteiger partial charge on any atom is 0.239 e. The molecule has 0 unspecified atom stereocenters. The minimum absolute atomic E-state index is 0.0350. The summed E-state index contributed by atoms with van der Waals surface area (Å²) in [5.41, 5.74) is -0.215. The highest BCUT2D eigenvalue weighted by Crippen LogP contribution is 2.19. The summed E-state index contributed by atoms with van der Waals surface area (Å²) in [7, 11) is 1.71. The highest BCUT2D eigenvalue weighted by atomic mass is 16.5. The van der Waals surface area contributed by atoms with Gasteiger partial charge in [0.1, 0.15) is 0 Å². The molecule has 0 aromatic heterocycles. The van der Waals surface area contributed by atoms with Crippen LogP contribution in [0.25, 0.3) is 0 Å². The van der Waals surface area contributed by atoms with Crippen LogP contribution in [0.15, 0.2) is 4.99 Å². The lowest BCUT2D eigenvalue weighted by Gasteiger charge is -2.21. The Labute approximate surface area is 153 Å². The Bertz CT molecular complexity index is 397. The number of carbonyl (C=O) groups excluding carboxylic acids is 1. The summed E-state index contributed by atoms with van der Waals surface area (Å²) in [5, 5.41) is 9.19. The van der Waals surface area contributed by atoms with E-state index in [4.69, 9.17) is 4.74 Å². The zero-order valence-corrected chi connectivity index (χ0v) is 16.6. The number of guanidine groups is 1. The summed E-state index contributed by atoms with van der Waals surface area (Å²) in [4.78, 5) is 15.9. The lowest BCUT2D eigenvalue weighted by atomic mass is 10.1. The van der Waals surface area contributed by atoms with Crippen LogP contribution >= 0.6 is 0 Å². The van der Waals surface area contributed by atoms with Gasteiger partial charge in [0.25, 0.3) is 0 Å². The number of nitrogens with one attached hydrogen (secondary N) is 3. The molecule has 1 fully saturated rings. The summed E-state index contributed by atoms with van der Waals surface area (Å²) < 4.78 is 6.00. The molecule has 0 aromatic rings. The third-order valence-electron chi connectivity index (χ3n) is 4.17. The van der Waals surface area contributed by atoms with Crippen LogP contribution in [0.3, 0.4) is 0 Å². The predicted molar refractivity (Wildman–Crippen MR) is 104 cm³/mol. The van der Waals surface area contributed by atoms with Crippen molar-refractivity contribution in [3.05, 3.63) is 0 Å². The van der Waals surface area contributed by atoms with Crippen LogP contribution in [0.1, 0.15) is 72.1 Å². The van der Waals surface area contributed by atoms with Crippen molar-refractivity contribution in [2.24, 2.45) is 4.99 Å². The molecule has 0 bridgehead atoms. The van der Waals surface area contributed by atoms with Crippen molar-refractivity contribution in [1.29, 1.82) is 0 Å². The van der Waals surface area contributed by atoms with Crippen molar-refractivity contribution < 1.29 is 9.53 Å². The Balaban J connectivity index is 2.05. The summed E-state index contributed by atoms with van der Waals surface area (Å²) in [5.74, 6) is 0.626. The van der Waals surface area contributed by atoms with Crippen molar-refractivity contribution in [2.75, 3.05) is 26.7 Å². The first-order valence-corrected chi connectivity index (χ1v) is 9.78. The van der Waals surface area contributed by atoms with Gasteiger partial charge in [-0.1, -0.05) is 25.7 Å². The molecule has 0 radical (unpaired) electrons. The van der Waals surface area contributed by atoms with E-state index in [1.807, 2.05) is 20.8 Å². The first-order chi connectivity index (χ1) is 11.9. The average Bonchev–Trinajstić information content (AvgIpc) is 2.80. The zero-order valence-electron chi connectivity index (χ0n) is 16.6. The minimum Gasteiger partial charge on any atom is -0.378 e. The minimum atomic E-state index is -0.215. The molecule has 0 spiro atoms. The molecular formula is C19H38N4O2. The Hall–Kier alpha value is -1.30. The third kappa shape index (κ3) is 11.8. The number of amides is 1. The molecule has 0 atom stereocenters. The molecule has 1 saturated carbocycles. The molecule has 0 aromatic carbocycles. The molecule has 1 rings (SSSR count). The van der Waals surface area contributed by atoms with Crippen LogP contribution in [-0.2, 0) is 9.53 Å². The quantitative estimate of drug-likeness (QED) is 0.271. The second-order valence-electron chi connectivity index (χ2n) is 7.84. The van der Waals surface area contributed by atoms with Crippen molar-refractivity contribution in [3.63, 3.8) is 0 Å². The first-order valence-electron chi connectivity index (χ1n) is 9.78. The monoisotopic (exact) mass is 354 g/mol. The Kier molecular flexibility index (Phi) is 10.5. The molecule has 25 heavy (non-hydrogen) atoms. The summed E-state index contributed by atoms with van der Waals surface area (Å²) in [6.45, 7) is 7.79. The van der Waals surface area contributed by atoms with Gasteiger partial charge in [0.05, 0.1) is 12.6 Å². The average molecular weight is 355 g/mol. The molecule has 0 heterocycles. The van der Waals surface area contributed by atoms with Gasteiger partial charge in [-0.05, 0) is 46.5 Å². The van der Waals surface area contributed by atoms with E-state index in [0.717, 1.165) is 26.0 Å². The maximum absolute atomic E-state index is 11.8. The molecule has 146 valence electrons.